The Bertz CT molecular complexity index is 933. The minimum atomic E-state index is 0.347. The van der Waals surface area contributed by atoms with Crippen molar-refractivity contribution in [3.05, 3.63) is 29.4 Å². The van der Waals surface area contributed by atoms with Crippen LogP contribution in [-0.2, 0) is 0 Å². The summed E-state index contributed by atoms with van der Waals surface area (Å²) in [6.45, 7) is 1.98. The minimum Gasteiger partial charge on any atom is -0.493 e. The van der Waals surface area contributed by atoms with Crippen LogP contribution in [0.2, 0.25) is 5.02 Å². The van der Waals surface area contributed by atoms with Gasteiger partial charge in [0.25, 0.3) is 5.89 Å². The number of aromatic nitrogens is 4. The van der Waals surface area contributed by atoms with Gasteiger partial charge >= 0.3 is 0 Å². The molecular formula is C18H20ClN5O3. The second-order valence-electron chi connectivity index (χ2n) is 6.30. The maximum absolute atomic E-state index is 6.26. The molecule has 1 aliphatic heterocycles. The molecule has 3 heterocycles. The number of nitrogens with one attached hydrogen (secondary N) is 1. The van der Waals surface area contributed by atoms with E-state index in [9.17, 15) is 0 Å². The van der Waals surface area contributed by atoms with Crippen LogP contribution in [0.25, 0.3) is 23.0 Å². The predicted molar refractivity (Wildman–Crippen MR) is 100 cm³/mol. The first-order valence-corrected chi connectivity index (χ1v) is 9.09. The number of hydrogen-bond acceptors (Lipinski definition) is 7. The van der Waals surface area contributed by atoms with E-state index < -0.39 is 0 Å². The smallest absolute Gasteiger partial charge is 0.278 e. The van der Waals surface area contributed by atoms with Crippen molar-refractivity contribution >= 4 is 11.6 Å². The molecule has 2 aromatic heterocycles. The van der Waals surface area contributed by atoms with Crippen molar-refractivity contribution in [1.82, 2.24) is 25.2 Å². The van der Waals surface area contributed by atoms with E-state index in [2.05, 4.69) is 20.6 Å². The van der Waals surface area contributed by atoms with Gasteiger partial charge in [0.05, 0.1) is 25.3 Å². The van der Waals surface area contributed by atoms with Gasteiger partial charge in [0.2, 0.25) is 5.82 Å². The summed E-state index contributed by atoms with van der Waals surface area (Å²) >= 11 is 6.26. The highest BCUT2D eigenvalue weighted by molar-refractivity contribution is 6.32. The first kappa shape index (κ1) is 17.8. The molecule has 1 saturated heterocycles. The van der Waals surface area contributed by atoms with Crippen LogP contribution in [0.1, 0.15) is 18.9 Å². The number of halogens is 1. The van der Waals surface area contributed by atoms with Gasteiger partial charge in [-0.05, 0) is 37.6 Å². The van der Waals surface area contributed by atoms with Crippen molar-refractivity contribution in [1.29, 1.82) is 0 Å². The predicted octanol–water partition coefficient (Wildman–Crippen LogP) is 3.20. The Morgan fingerprint density at radius 2 is 2.19 bits per heavy atom. The fraction of sp³-hybridized carbons (Fsp3) is 0.389. The third-order valence-electron chi connectivity index (χ3n) is 4.59. The molecule has 8 nitrogen and oxygen atoms in total. The minimum absolute atomic E-state index is 0.347. The van der Waals surface area contributed by atoms with Crippen LogP contribution in [0.5, 0.6) is 11.5 Å². The van der Waals surface area contributed by atoms with E-state index in [1.807, 2.05) is 16.9 Å². The lowest BCUT2D eigenvalue weighted by Crippen LogP contribution is -2.31. The molecule has 1 fully saturated rings. The number of hydrogen-bond donors (Lipinski definition) is 1. The lowest BCUT2D eigenvalue weighted by molar-refractivity contribution is 0.346. The fourth-order valence-electron chi connectivity index (χ4n) is 3.21. The third kappa shape index (κ3) is 3.50. The Kier molecular flexibility index (Phi) is 5.00. The number of benzene rings is 1. The maximum atomic E-state index is 6.26. The molecule has 0 bridgehead atoms. The van der Waals surface area contributed by atoms with Crippen molar-refractivity contribution in [2.45, 2.75) is 18.9 Å². The maximum Gasteiger partial charge on any atom is 0.278 e. The molecule has 1 unspecified atom stereocenters. The largest absolute Gasteiger partial charge is 0.493 e. The molecule has 3 aromatic rings. The molecule has 142 valence electrons. The molecule has 1 N–H and O–H groups in total. The first-order valence-electron chi connectivity index (χ1n) is 8.71. The van der Waals surface area contributed by atoms with Crippen molar-refractivity contribution < 1.29 is 14.0 Å². The van der Waals surface area contributed by atoms with Gasteiger partial charge in [0.1, 0.15) is 0 Å². The number of nitrogens with zero attached hydrogens (tertiary/aromatic N) is 4. The Morgan fingerprint density at radius 1 is 1.30 bits per heavy atom. The second kappa shape index (κ2) is 7.58. The molecular weight excluding hydrogens is 370 g/mol. The van der Waals surface area contributed by atoms with Crippen LogP contribution in [0, 0.1) is 0 Å². The van der Waals surface area contributed by atoms with Crippen LogP contribution in [-0.4, -0.2) is 47.2 Å². The summed E-state index contributed by atoms with van der Waals surface area (Å²) in [5, 5.41) is 12.4. The molecule has 9 heteroatoms. The average Bonchev–Trinajstić information content (AvgIpc) is 3.37. The van der Waals surface area contributed by atoms with Crippen LogP contribution in [0.4, 0.5) is 0 Å². The van der Waals surface area contributed by atoms with Gasteiger partial charge in [0.15, 0.2) is 17.2 Å². The normalized spacial score (nSPS) is 17.1. The molecule has 0 amide bonds. The highest BCUT2D eigenvalue weighted by Crippen LogP contribution is 2.38. The number of methoxy groups -OCH3 is 2. The zero-order valence-corrected chi connectivity index (χ0v) is 15.9. The Labute approximate surface area is 161 Å². The molecule has 0 radical (unpaired) electrons. The standard InChI is InChI=1S/C18H20ClN5O3/c1-25-15-9-11(8-13(19)16(15)26-2)17-21-18(27-23-17)14-5-7-24(22-14)12-4-3-6-20-10-12/h5,7-9,12,20H,3-4,6,10H2,1-2H3. The molecule has 1 atom stereocenters. The average molecular weight is 390 g/mol. The Balaban J connectivity index is 1.61. The van der Waals surface area contributed by atoms with E-state index in [1.54, 1.807) is 19.2 Å². The van der Waals surface area contributed by atoms with E-state index in [-0.39, 0.29) is 0 Å². The quantitative estimate of drug-likeness (QED) is 0.716. The van der Waals surface area contributed by atoms with Crippen molar-refractivity contribution in [2.75, 3.05) is 27.3 Å². The van der Waals surface area contributed by atoms with Crippen LogP contribution >= 0.6 is 11.6 Å². The summed E-state index contributed by atoms with van der Waals surface area (Å²) in [6, 6.07) is 5.70. The molecule has 0 saturated carbocycles. The highest BCUT2D eigenvalue weighted by atomic mass is 35.5. The van der Waals surface area contributed by atoms with Gasteiger partial charge in [0, 0.05) is 18.3 Å². The lowest BCUT2D eigenvalue weighted by Gasteiger charge is -2.22. The third-order valence-corrected chi connectivity index (χ3v) is 4.87. The topological polar surface area (TPSA) is 87.2 Å². The summed E-state index contributed by atoms with van der Waals surface area (Å²) in [7, 11) is 3.08. The van der Waals surface area contributed by atoms with Crippen molar-refractivity contribution in [2.24, 2.45) is 0 Å². The van der Waals surface area contributed by atoms with E-state index in [1.165, 1.54) is 7.11 Å². The number of piperidine rings is 1. The van der Waals surface area contributed by atoms with Gasteiger partial charge in [-0.15, -0.1) is 0 Å². The number of ether oxygens (including phenoxy) is 2. The molecule has 4 rings (SSSR count). The zero-order valence-electron chi connectivity index (χ0n) is 15.1. The SMILES string of the molecule is COc1cc(-c2noc(-c3ccn(C4CCCNC4)n3)n2)cc(Cl)c1OC. The summed E-state index contributed by atoms with van der Waals surface area (Å²) in [6.07, 6.45) is 4.20. The summed E-state index contributed by atoms with van der Waals surface area (Å²) < 4.78 is 17.9. The van der Waals surface area contributed by atoms with Crippen molar-refractivity contribution in [3.8, 4) is 34.5 Å². The van der Waals surface area contributed by atoms with Gasteiger partial charge in [-0.3, -0.25) is 4.68 Å². The summed E-state index contributed by atoms with van der Waals surface area (Å²) in [5.74, 6) is 1.73. The lowest BCUT2D eigenvalue weighted by atomic mass is 10.1. The Hall–Kier alpha value is -2.58. The Morgan fingerprint density at radius 3 is 2.93 bits per heavy atom. The fourth-order valence-corrected chi connectivity index (χ4v) is 3.49. The van der Waals surface area contributed by atoms with Gasteiger partial charge < -0.3 is 19.3 Å². The summed E-state index contributed by atoms with van der Waals surface area (Å²) in [5.41, 5.74) is 1.31. The molecule has 1 aromatic carbocycles. The van der Waals surface area contributed by atoms with Crippen LogP contribution in [0.3, 0.4) is 0 Å². The van der Waals surface area contributed by atoms with Crippen LogP contribution < -0.4 is 14.8 Å². The number of rotatable bonds is 5. The van der Waals surface area contributed by atoms with Gasteiger partial charge in [-0.1, -0.05) is 16.8 Å². The molecule has 27 heavy (non-hydrogen) atoms. The highest BCUT2D eigenvalue weighted by Gasteiger charge is 2.20. The summed E-state index contributed by atoms with van der Waals surface area (Å²) in [4.78, 5) is 4.46. The van der Waals surface area contributed by atoms with E-state index in [0.717, 1.165) is 25.9 Å². The second-order valence-corrected chi connectivity index (χ2v) is 6.71. The first-order chi connectivity index (χ1) is 13.2. The van der Waals surface area contributed by atoms with E-state index in [4.69, 9.17) is 25.6 Å². The van der Waals surface area contributed by atoms with E-state index in [0.29, 0.717) is 45.5 Å². The van der Waals surface area contributed by atoms with Gasteiger partial charge in [-0.2, -0.15) is 10.1 Å². The molecule has 0 spiro atoms. The molecule has 1 aliphatic rings. The van der Waals surface area contributed by atoms with E-state index >= 15 is 0 Å². The zero-order chi connectivity index (χ0) is 18.8. The van der Waals surface area contributed by atoms with Crippen molar-refractivity contribution in [3.63, 3.8) is 0 Å². The molecule has 0 aliphatic carbocycles. The van der Waals surface area contributed by atoms with Gasteiger partial charge in [-0.25, -0.2) is 0 Å². The monoisotopic (exact) mass is 389 g/mol. The van der Waals surface area contributed by atoms with Crippen LogP contribution in [0.15, 0.2) is 28.9 Å².